The summed E-state index contributed by atoms with van der Waals surface area (Å²) in [4.78, 5) is 21.1. The number of hydrogen-bond donors (Lipinski definition) is 1. The van der Waals surface area contributed by atoms with Crippen molar-refractivity contribution in [3.05, 3.63) is 75.9 Å². The van der Waals surface area contributed by atoms with Crippen molar-refractivity contribution in [1.29, 1.82) is 0 Å². The Labute approximate surface area is 169 Å². The lowest BCUT2D eigenvalue weighted by Crippen LogP contribution is -2.28. The van der Waals surface area contributed by atoms with Gasteiger partial charge in [-0.05, 0) is 38.5 Å². The van der Waals surface area contributed by atoms with Crippen LogP contribution in [0.1, 0.15) is 22.4 Å². The lowest BCUT2D eigenvalue weighted by molar-refractivity contribution is -0.123. The van der Waals surface area contributed by atoms with Gasteiger partial charge >= 0.3 is 0 Å². The molecule has 0 saturated heterocycles. The van der Waals surface area contributed by atoms with Crippen LogP contribution in [-0.2, 0) is 11.3 Å². The van der Waals surface area contributed by atoms with E-state index in [1.807, 2.05) is 57.2 Å². The molecule has 0 atom stereocenters. The number of benzene rings is 2. The SMILES string of the molecule is Cc1ccc(CNC(=O)COc2nc(-c3cccc(Cl)c3)nc(C)c2C)cc1. The smallest absolute Gasteiger partial charge is 0.258 e. The number of nitrogens with one attached hydrogen (secondary N) is 1. The van der Waals surface area contributed by atoms with Gasteiger partial charge in [-0.15, -0.1) is 0 Å². The van der Waals surface area contributed by atoms with E-state index in [1.54, 1.807) is 12.1 Å². The van der Waals surface area contributed by atoms with Gasteiger partial charge in [0.15, 0.2) is 12.4 Å². The van der Waals surface area contributed by atoms with Gasteiger partial charge in [0.1, 0.15) is 0 Å². The molecule has 1 amide bonds. The van der Waals surface area contributed by atoms with Crippen molar-refractivity contribution in [3.8, 4) is 17.3 Å². The Morgan fingerprint density at radius 3 is 2.54 bits per heavy atom. The van der Waals surface area contributed by atoms with Crippen molar-refractivity contribution < 1.29 is 9.53 Å². The topological polar surface area (TPSA) is 64.1 Å². The number of amides is 1. The first-order valence-corrected chi connectivity index (χ1v) is 9.36. The highest BCUT2D eigenvalue weighted by Crippen LogP contribution is 2.25. The summed E-state index contributed by atoms with van der Waals surface area (Å²) in [5, 5.41) is 3.46. The second kappa shape index (κ2) is 8.85. The molecule has 3 rings (SSSR count). The molecule has 1 aromatic heterocycles. The maximum atomic E-state index is 12.2. The second-order valence-electron chi connectivity index (χ2n) is 6.62. The molecule has 2 aromatic carbocycles. The first-order valence-electron chi connectivity index (χ1n) is 8.98. The van der Waals surface area contributed by atoms with Crippen molar-refractivity contribution in [2.45, 2.75) is 27.3 Å². The predicted molar refractivity (Wildman–Crippen MR) is 110 cm³/mol. The summed E-state index contributed by atoms with van der Waals surface area (Å²) in [6, 6.07) is 15.3. The fraction of sp³-hybridized carbons (Fsp3) is 0.227. The standard InChI is InChI=1S/C22H22ClN3O2/c1-14-7-9-17(10-8-14)12-24-20(27)13-28-22-15(2)16(3)25-21(26-22)18-5-4-6-19(23)11-18/h4-11H,12-13H2,1-3H3,(H,24,27). The fourth-order valence-electron chi connectivity index (χ4n) is 2.59. The van der Waals surface area contributed by atoms with Gasteiger partial charge in [0.25, 0.3) is 5.91 Å². The minimum Gasteiger partial charge on any atom is -0.467 e. The van der Waals surface area contributed by atoms with Gasteiger partial charge in [-0.3, -0.25) is 4.79 Å². The average Bonchev–Trinajstić information content (AvgIpc) is 2.68. The largest absolute Gasteiger partial charge is 0.467 e. The van der Waals surface area contributed by atoms with E-state index in [0.717, 1.165) is 22.4 Å². The number of hydrogen-bond acceptors (Lipinski definition) is 4. The van der Waals surface area contributed by atoms with Gasteiger partial charge in [0.2, 0.25) is 5.88 Å². The van der Waals surface area contributed by atoms with Gasteiger partial charge in [-0.1, -0.05) is 53.6 Å². The quantitative estimate of drug-likeness (QED) is 0.671. The molecule has 1 N–H and O–H groups in total. The molecule has 144 valence electrons. The Balaban J connectivity index is 1.66. The van der Waals surface area contributed by atoms with Crippen LogP contribution in [0.3, 0.4) is 0 Å². The number of aryl methyl sites for hydroxylation is 2. The van der Waals surface area contributed by atoms with Crippen molar-refractivity contribution >= 4 is 17.5 Å². The molecule has 0 radical (unpaired) electrons. The maximum absolute atomic E-state index is 12.2. The van der Waals surface area contributed by atoms with Crippen LogP contribution >= 0.6 is 11.6 Å². The number of carbonyl (C=O) groups excluding carboxylic acids is 1. The monoisotopic (exact) mass is 395 g/mol. The van der Waals surface area contributed by atoms with Crippen LogP contribution in [0.2, 0.25) is 5.02 Å². The Morgan fingerprint density at radius 2 is 1.82 bits per heavy atom. The fourth-order valence-corrected chi connectivity index (χ4v) is 2.78. The van der Waals surface area contributed by atoms with E-state index in [2.05, 4.69) is 15.3 Å². The third-order valence-electron chi connectivity index (χ3n) is 4.38. The Hall–Kier alpha value is -2.92. The minimum atomic E-state index is -0.208. The van der Waals surface area contributed by atoms with E-state index < -0.39 is 0 Å². The van der Waals surface area contributed by atoms with Crippen molar-refractivity contribution in [2.75, 3.05) is 6.61 Å². The van der Waals surface area contributed by atoms with Crippen LogP contribution in [-0.4, -0.2) is 22.5 Å². The van der Waals surface area contributed by atoms with Crippen LogP contribution in [0.5, 0.6) is 5.88 Å². The van der Waals surface area contributed by atoms with Gasteiger partial charge < -0.3 is 10.1 Å². The number of aromatic nitrogens is 2. The van der Waals surface area contributed by atoms with Crippen LogP contribution in [0.25, 0.3) is 11.4 Å². The zero-order chi connectivity index (χ0) is 20.1. The molecular weight excluding hydrogens is 374 g/mol. The molecule has 0 aliphatic rings. The summed E-state index contributed by atoms with van der Waals surface area (Å²) < 4.78 is 5.68. The van der Waals surface area contributed by atoms with Crippen LogP contribution in [0, 0.1) is 20.8 Å². The molecule has 0 spiro atoms. The first kappa shape index (κ1) is 19.8. The van der Waals surface area contributed by atoms with Crippen molar-refractivity contribution in [1.82, 2.24) is 15.3 Å². The predicted octanol–water partition coefficient (Wildman–Crippen LogP) is 4.42. The third-order valence-corrected chi connectivity index (χ3v) is 4.61. The lowest BCUT2D eigenvalue weighted by atomic mass is 10.1. The van der Waals surface area contributed by atoms with Crippen LogP contribution in [0.15, 0.2) is 48.5 Å². The molecule has 3 aromatic rings. The lowest BCUT2D eigenvalue weighted by Gasteiger charge is -2.12. The molecule has 0 saturated carbocycles. The number of nitrogens with zero attached hydrogens (tertiary/aromatic N) is 2. The second-order valence-corrected chi connectivity index (χ2v) is 7.06. The Kier molecular flexibility index (Phi) is 6.26. The minimum absolute atomic E-state index is 0.113. The number of ether oxygens (including phenoxy) is 1. The summed E-state index contributed by atoms with van der Waals surface area (Å²) in [6.45, 7) is 6.13. The van der Waals surface area contributed by atoms with Gasteiger partial charge in [0.05, 0.1) is 0 Å². The summed E-state index contributed by atoms with van der Waals surface area (Å²) in [5.74, 6) is 0.703. The summed E-state index contributed by atoms with van der Waals surface area (Å²) >= 11 is 6.06. The van der Waals surface area contributed by atoms with E-state index in [0.29, 0.717) is 23.3 Å². The summed E-state index contributed by atoms with van der Waals surface area (Å²) in [5.41, 5.74) is 4.61. The molecule has 1 heterocycles. The maximum Gasteiger partial charge on any atom is 0.258 e. The van der Waals surface area contributed by atoms with Gasteiger partial charge in [0, 0.05) is 28.4 Å². The highest BCUT2D eigenvalue weighted by Gasteiger charge is 2.13. The van der Waals surface area contributed by atoms with E-state index in [9.17, 15) is 4.79 Å². The van der Waals surface area contributed by atoms with Gasteiger partial charge in [-0.2, -0.15) is 4.98 Å². The van der Waals surface area contributed by atoms with E-state index >= 15 is 0 Å². The number of halogens is 1. The van der Waals surface area contributed by atoms with Crippen molar-refractivity contribution in [2.24, 2.45) is 0 Å². The van der Waals surface area contributed by atoms with Crippen LogP contribution in [0.4, 0.5) is 0 Å². The zero-order valence-corrected chi connectivity index (χ0v) is 16.9. The van der Waals surface area contributed by atoms with Crippen LogP contribution < -0.4 is 10.1 Å². The summed E-state index contributed by atoms with van der Waals surface area (Å²) in [6.07, 6.45) is 0. The normalized spacial score (nSPS) is 10.6. The van der Waals surface area contributed by atoms with E-state index in [-0.39, 0.29) is 12.5 Å². The third kappa shape index (κ3) is 5.08. The molecule has 6 heteroatoms. The zero-order valence-electron chi connectivity index (χ0n) is 16.1. The number of rotatable bonds is 6. The number of carbonyl (C=O) groups is 1. The first-order chi connectivity index (χ1) is 13.4. The molecule has 5 nitrogen and oxygen atoms in total. The molecule has 28 heavy (non-hydrogen) atoms. The Bertz CT molecular complexity index is 988. The molecular formula is C22H22ClN3O2. The molecule has 0 unspecified atom stereocenters. The summed E-state index contributed by atoms with van der Waals surface area (Å²) in [7, 11) is 0. The highest BCUT2D eigenvalue weighted by atomic mass is 35.5. The van der Waals surface area contributed by atoms with E-state index in [4.69, 9.17) is 16.3 Å². The highest BCUT2D eigenvalue weighted by molar-refractivity contribution is 6.30. The molecule has 0 aliphatic heterocycles. The Morgan fingerprint density at radius 1 is 1.07 bits per heavy atom. The van der Waals surface area contributed by atoms with E-state index in [1.165, 1.54) is 5.56 Å². The molecule has 0 bridgehead atoms. The molecule has 0 fully saturated rings. The molecule has 0 aliphatic carbocycles. The van der Waals surface area contributed by atoms with Gasteiger partial charge in [-0.25, -0.2) is 4.98 Å². The average molecular weight is 396 g/mol. The van der Waals surface area contributed by atoms with Crippen molar-refractivity contribution in [3.63, 3.8) is 0 Å².